The molecule has 0 saturated heterocycles. The number of likely N-dealkylation sites (N-methyl/N-ethyl adjacent to an activating group) is 1. The van der Waals surface area contributed by atoms with E-state index in [1.165, 1.54) is 257 Å². The van der Waals surface area contributed by atoms with Gasteiger partial charge in [-0.05, 0) is 89.9 Å². The van der Waals surface area contributed by atoms with Gasteiger partial charge in [0.25, 0.3) is 0 Å². The van der Waals surface area contributed by atoms with Crippen LogP contribution in [0.1, 0.15) is 361 Å². The number of quaternary nitrogens is 1. The number of allylic oxidation sites excluding steroid dienone is 14. The molecule has 0 N–H and O–H groups in total. The van der Waals surface area contributed by atoms with Gasteiger partial charge in [0.05, 0.1) is 40.3 Å². The first-order valence-electron chi connectivity index (χ1n) is 38.7. The minimum absolute atomic E-state index is 0.148. The summed E-state index contributed by atoms with van der Waals surface area (Å²) in [4.78, 5) is 37.6. The fourth-order valence-electron chi connectivity index (χ4n) is 11.2. The van der Waals surface area contributed by atoms with Crippen molar-refractivity contribution in [3.63, 3.8) is 0 Å². The van der Waals surface area contributed by atoms with E-state index in [1.807, 2.05) is 21.1 Å². The minimum Gasteiger partial charge on any atom is -0.545 e. The molecule has 0 spiro atoms. The average Bonchev–Trinajstić information content (AvgIpc) is 3.46. The van der Waals surface area contributed by atoms with Gasteiger partial charge in [-0.1, -0.05) is 343 Å². The summed E-state index contributed by atoms with van der Waals surface area (Å²) in [6, 6.07) is 0. The predicted molar refractivity (Wildman–Crippen MR) is 389 cm³/mol. The summed E-state index contributed by atoms with van der Waals surface area (Å²) in [6.07, 6.45) is 95.5. The Hall–Kier alpha value is -3.53. The molecule has 0 bridgehead atoms. The number of carbonyl (C=O) groups is 3. The van der Waals surface area contributed by atoms with Crippen molar-refractivity contribution < 1.29 is 42.9 Å². The van der Waals surface area contributed by atoms with Crippen molar-refractivity contribution in [2.45, 2.75) is 373 Å². The van der Waals surface area contributed by atoms with Gasteiger partial charge in [-0.2, -0.15) is 0 Å². The van der Waals surface area contributed by atoms with Crippen LogP contribution < -0.4 is 5.11 Å². The lowest BCUT2D eigenvalue weighted by Gasteiger charge is -2.26. The molecule has 9 heteroatoms. The van der Waals surface area contributed by atoms with Gasteiger partial charge in [-0.3, -0.25) is 9.59 Å². The molecule has 0 aromatic rings. The number of esters is 2. The molecule has 0 aliphatic carbocycles. The Kier molecular flexibility index (Phi) is 69.5. The molecule has 0 rings (SSSR count). The zero-order chi connectivity index (χ0) is 66.1. The molecule has 0 aliphatic rings. The van der Waals surface area contributed by atoms with E-state index in [0.29, 0.717) is 23.9 Å². The van der Waals surface area contributed by atoms with Crippen molar-refractivity contribution in [3.05, 3.63) is 85.1 Å². The lowest BCUT2D eigenvalue weighted by molar-refractivity contribution is -0.870. The molecule has 0 heterocycles. The highest BCUT2D eigenvalue weighted by Gasteiger charge is 2.22. The topological polar surface area (TPSA) is 111 Å². The van der Waals surface area contributed by atoms with Gasteiger partial charge >= 0.3 is 11.9 Å². The largest absolute Gasteiger partial charge is 0.545 e. The third-order valence-electron chi connectivity index (χ3n) is 17.1. The molecule has 0 aromatic heterocycles. The van der Waals surface area contributed by atoms with Crippen LogP contribution in [0.5, 0.6) is 0 Å². The summed E-state index contributed by atoms with van der Waals surface area (Å²) >= 11 is 0. The molecule has 528 valence electrons. The van der Waals surface area contributed by atoms with E-state index in [1.54, 1.807) is 0 Å². The van der Waals surface area contributed by atoms with E-state index < -0.39 is 24.3 Å². The third kappa shape index (κ3) is 73.7. The maximum absolute atomic E-state index is 13.0. The van der Waals surface area contributed by atoms with Crippen molar-refractivity contribution in [2.24, 2.45) is 0 Å². The van der Waals surface area contributed by atoms with Gasteiger partial charge < -0.3 is 33.3 Å². The van der Waals surface area contributed by atoms with Crippen LogP contribution >= 0.6 is 0 Å². The van der Waals surface area contributed by atoms with Crippen LogP contribution in [-0.2, 0) is 33.3 Å². The lowest BCUT2D eigenvalue weighted by atomic mass is 10.0. The van der Waals surface area contributed by atoms with Gasteiger partial charge in [-0.25, -0.2) is 0 Å². The fraction of sp³-hybridized carbons (Fsp3) is 0.793. The number of carboxylic acids is 1. The maximum atomic E-state index is 13.0. The Morgan fingerprint density at radius 1 is 0.341 bits per heavy atom. The Bertz CT molecular complexity index is 1770. The van der Waals surface area contributed by atoms with Crippen LogP contribution in [0.2, 0.25) is 0 Å². The third-order valence-corrected chi connectivity index (χ3v) is 17.1. The van der Waals surface area contributed by atoms with E-state index in [2.05, 4.69) is 98.9 Å². The van der Waals surface area contributed by atoms with Crippen LogP contribution in [-0.4, -0.2) is 82.3 Å². The molecule has 0 saturated carbocycles. The Labute approximate surface area is 563 Å². The van der Waals surface area contributed by atoms with Gasteiger partial charge in [0.1, 0.15) is 13.2 Å². The number of carbonyl (C=O) groups excluding carboxylic acids is 3. The molecular weight excluding hydrogens is 1130 g/mol. The number of hydrogen-bond donors (Lipinski definition) is 0. The van der Waals surface area contributed by atoms with Gasteiger partial charge in [0, 0.05) is 12.8 Å². The maximum Gasteiger partial charge on any atom is 0.306 e. The number of aliphatic carboxylic acids is 1. The van der Waals surface area contributed by atoms with Crippen molar-refractivity contribution in [2.75, 3.05) is 47.5 Å². The fourth-order valence-corrected chi connectivity index (χ4v) is 11.2. The number of carboxylic acid groups (broad SMARTS) is 1. The summed E-state index contributed by atoms with van der Waals surface area (Å²) in [5.41, 5.74) is 0. The molecule has 0 aliphatic heterocycles. The number of nitrogens with zero attached hydrogens (tertiary/aromatic N) is 1. The first kappa shape index (κ1) is 87.5. The highest BCUT2D eigenvalue weighted by atomic mass is 16.7. The summed E-state index contributed by atoms with van der Waals surface area (Å²) in [6.45, 7) is 4.69. The normalized spacial score (nSPS) is 13.1. The second-order valence-corrected chi connectivity index (χ2v) is 27.3. The minimum atomic E-state index is -1.62. The number of unbranched alkanes of at least 4 members (excludes halogenated alkanes) is 43. The molecular formula is C82H147NO8. The SMILES string of the molecule is CC/C=C\C/C=C\C/C=C\C/C=C\C/C=C\C/C=C\CCCCCCCCCCCCCCCCCCCCCCC(=O)OC(COC(=O)CCCCCCCCCCCCCCCCC/C=C\CCCCCCCCCC)COC(OCC[N+](C)(C)C)C(=O)[O-]. The molecule has 0 fully saturated rings. The molecule has 0 amide bonds. The molecule has 2 atom stereocenters. The Morgan fingerprint density at radius 3 is 0.945 bits per heavy atom. The van der Waals surface area contributed by atoms with E-state index in [9.17, 15) is 19.5 Å². The van der Waals surface area contributed by atoms with E-state index in [-0.39, 0.29) is 32.2 Å². The van der Waals surface area contributed by atoms with Crippen LogP contribution in [0.15, 0.2) is 85.1 Å². The summed E-state index contributed by atoms with van der Waals surface area (Å²) < 4.78 is 22.9. The summed E-state index contributed by atoms with van der Waals surface area (Å²) in [5.74, 6) is -2.26. The van der Waals surface area contributed by atoms with Crippen molar-refractivity contribution in [1.82, 2.24) is 0 Å². The van der Waals surface area contributed by atoms with Crippen molar-refractivity contribution >= 4 is 17.9 Å². The molecule has 0 radical (unpaired) electrons. The average molecular weight is 1280 g/mol. The number of hydrogen-bond acceptors (Lipinski definition) is 8. The Balaban J connectivity index is 4.01. The quantitative estimate of drug-likeness (QED) is 0.0195. The Morgan fingerprint density at radius 2 is 0.626 bits per heavy atom. The monoisotopic (exact) mass is 1270 g/mol. The standard InChI is InChI=1S/C82H147NO8/c1-6-8-10-12-14-16-18-20-22-24-26-28-30-32-34-35-36-37-38-39-40-41-42-43-44-45-47-49-51-53-55-57-59-61-63-65-67-69-71-73-80(85)91-78(77-90-82(81(86)87)88-75-74-83(3,4)5)76-89-79(84)72-70-68-66-64-62-60-58-56-54-52-50-48-46-33-31-29-27-25-23-21-19-17-15-13-11-9-7-2/h8,10,14,16,20,22,25-28,32,34,36-37,78,82H,6-7,9,11-13,15,17-19,21,23-24,29-31,33,35,38-77H2,1-5H3/b10-8-,16-14-,22-20-,27-25-,28-26-,34-32-,37-36-. The van der Waals surface area contributed by atoms with Crippen LogP contribution in [0.4, 0.5) is 0 Å². The first-order chi connectivity index (χ1) is 44.6. The number of rotatable bonds is 72. The zero-order valence-corrected chi connectivity index (χ0v) is 60.5. The summed E-state index contributed by atoms with van der Waals surface area (Å²) in [5, 5.41) is 11.8. The van der Waals surface area contributed by atoms with E-state index in [0.717, 1.165) is 70.6 Å². The molecule has 91 heavy (non-hydrogen) atoms. The second kappa shape index (κ2) is 72.3. The van der Waals surface area contributed by atoms with Gasteiger partial charge in [0.15, 0.2) is 12.4 Å². The highest BCUT2D eigenvalue weighted by molar-refractivity contribution is 5.70. The van der Waals surface area contributed by atoms with Crippen LogP contribution in [0.25, 0.3) is 0 Å². The number of ether oxygens (including phenoxy) is 4. The molecule has 0 aromatic carbocycles. The van der Waals surface area contributed by atoms with E-state index in [4.69, 9.17) is 18.9 Å². The second-order valence-electron chi connectivity index (χ2n) is 27.3. The van der Waals surface area contributed by atoms with E-state index >= 15 is 0 Å². The van der Waals surface area contributed by atoms with Crippen LogP contribution in [0, 0.1) is 0 Å². The van der Waals surface area contributed by atoms with Crippen LogP contribution in [0.3, 0.4) is 0 Å². The van der Waals surface area contributed by atoms with Crippen molar-refractivity contribution in [1.29, 1.82) is 0 Å². The lowest BCUT2D eigenvalue weighted by Crippen LogP contribution is -2.44. The zero-order valence-electron chi connectivity index (χ0n) is 60.5. The smallest absolute Gasteiger partial charge is 0.306 e. The van der Waals surface area contributed by atoms with Gasteiger partial charge in [0.2, 0.25) is 0 Å². The molecule has 2 unspecified atom stereocenters. The van der Waals surface area contributed by atoms with Gasteiger partial charge in [-0.15, -0.1) is 0 Å². The molecule has 9 nitrogen and oxygen atoms in total. The summed E-state index contributed by atoms with van der Waals surface area (Å²) in [7, 11) is 5.94. The first-order valence-corrected chi connectivity index (χ1v) is 38.7. The van der Waals surface area contributed by atoms with Crippen molar-refractivity contribution in [3.8, 4) is 0 Å². The highest BCUT2D eigenvalue weighted by Crippen LogP contribution is 2.19. The predicted octanol–water partition coefficient (Wildman–Crippen LogP) is 23.3.